The molecular formula is C10H11ClO3S. The lowest BCUT2D eigenvalue weighted by molar-refractivity contribution is 0.0600. The van der Waals surface area contributed by atoms with Crippen molar-refractivity contribution in [2.75, 3.05) is 20.5 Å². The fraction of sp³-hybridized carbons (Fsp3) is 0.300. The highest BCUT2D eigenvalue weighted by atomic mass is 35.5. The maximum Gasteiger partial charge on any atom is 0.337 e. The Morgan fingerprint density at radius 1 is 1.40 bits per heavy atom. The minimum atomic E-state index is -0.408. The van der Waals surface area contributed by atoms with E-state index >= 15 is 0 Å². The van der Waals surface area contributed by atoms with Crippen LogP contribution < -0.4 is 4.74 Å². The van der Waals surface area contributed by atoms with Gasteiger partial charge >= 0.3 is 5.97 Å². The lowest BCUT2D eigenvalue weighted by atomic mass is 10.2. The quantitative estimate of drug-likeness (QED) is 0.607. The predicted octanol–water partition coefficient (Wildman–Crippen LogP) is 2.86. The average Bonchev–Trinajstić information content (AvgIpc) is 2.26. The highest BCUT2D eigenvalue weighted by Crippen LogP contribution is 2.35. The number of methoxy groups -OCH3 is 2. The number of esters is 1. The summed E-state index contributed by atoms with van der Waals surface area (Å²) in [6.07, 6.45) is 1.88. The first-order valence-electron chi connectivity index (χ1n) is 4.13. The molecular weight excluding hydrogens is 236 g/mol. The van der Waals surface area contributed by atoms with Gasteiger partial charge in [0.15, 0.2) is 5.75 Å². The molecule has 0 atom stereocenters. The third-order valence-electron chi connectivity index (χ3n) is 1.85. The van der Waals surface area contributed by atoms with Crippen LogP contribution in [0.2, 0.25) is 5.02 Å². The molecule has 0 heterocycles. The van der Waals surface area contributed by atoms with Crippen LogP contribution in [0.1, 0.15) is 10.4 Å². The van der Waals surface area contributed by atoms with E-state index in [1.165, 1.54) is 24.9 Å². The minimum Gasteiger partial charge on any atom is -0.494 e. The summed E-state index contributed by atoms with van der Waals surface area (Å²) in [6.45, 7) is 0. The lowest BCUT2D eigenvalue weighted by Crippen LogP contribution is -2.02. The van der Waals surface area contributed by atoms with Crippen LogP contribution >= 0.6 is 23.4 Å². The zero-order chi connectivity index (χ0) is 11.4. The molecule has 0 radical (unpaired) electrons. The summed E-state index contributed by atoms with van der Waals surface area (Å²) < 4.78 is 9.75. The second-order valence-corrected chi connectivity index (χ2v) is 3.94. The first-order valence-corrected chi connectivity index (χ1v) is 5.74. The van der Waals surface area contributed by atoms with Crippen molar-refractivity contribution in [3.05, 3.63) is 22.7 Å². The van der Waals surface area contributed by atoms with Gasteiger partial charge in [0.05, 0.1) is 29.7 Å². The highest BCUT2D eigenvalue weighted by molar-refractivity contribution is 7.98. The van der Waals surface area contributed by atoms with Gasteiger partial charge in [-0.1, -0.05) is 11.6 Å². The van der Waals surface area contributed by atoms with Gasteiger partial charge in [-0.3, -0.25) is 0 Å². The first kappa shape index (κ1) is 12.2. The number of rotatable bonds is 3. The zero-order valence-electron chi connectivity index (χ0n) is 8.67. The molecule has 1 aromatic carbocycles. The molecule has 0 aromatic heterocycles. The molecule has 0 fully saturated rings. The Hall–Kier alpha value is -0.870. The Labute approximate surface area is 97.7 Å². The van der Waals surface area contributed by atoms with Crippen molar-refractivity contribution >= 4 is 29.3 Å². The van der Waals surface area contributed by atoms with Crippen molar-refractivity contribution in [3.63, 3.8) is 0 Å². The molecule has 5 heteroatoms. The molecule has 1 aromatic rings. The Bertz CT molecular complexity index is 379. The summed E-state index contributed by atoms with van der Waals surface area (Å²) >= 11 is 7.43. The van der Waals surface area contributed by atoms with Crippen LogP contribution in [0.3, 0.4) is 0 Å². The molecule has 0 aliphatic carbocycles. The fourth-order valence-electron chi connectivity index (χ4n) is 1.15. The van der Waals surface area contributed by atoms with E-state index in [0.717, 1.165) is 4.90 Å². The molecule has 0 spiro atoms. The Morgan fingerprint density at radius 2 is 2.07 bits per heavy atom. The monoisotopic (exact) mass is 246 g/mol. The van der Waals surface area contributed by atoms with Gasteiger partial charge in [-0.05, 0) is 18.4 Å². The van der Waals surface area contributed by atoms with E-state index in [1.807, 2.05) is 6.26 Å². The van der Waals surface area contributed by atoms with Crippen molar-refractivity contribution in [1.82, 2.24) is 0 Å². The number of thioether (sulfide) groups is 1. The van der Waals surface area contributed by atoms with Crippen LogP contribution in [0.4, 0.5) is 0 Å². The van der Waals surface area contributed by atoms with E-state index in [-0.39, 0.29) is 0 Å². The summed E-state index contributed by atoms with van der Waals surface area (Å²) in [5.41, 5.74) is 0.424. The number of carbonyl (C=O) groups excluding carboxylic acids is 1. The largest absolute Gasteiger partial charge is 0.494 e. The smallest absolute Gasteiger partial charge is 0.337 e. The summed E-state index contributed by atoms with van der Waals surface area (Å²) in [6, 6.07) is 3.23. The Balaban J connectivity index is 3.25. The number of halogens is 1. The third-order valence-corrected chi connectivity index (χ3v) is 2.88. The first-order chi connectivity index (χ1) is 7.13. The number of hydrogen-bond donors (Lipinski definition) is 0. The van der Waals surface area contributed by atoms with Crippen LogP contribution in [0.25, 0.3) is 0 Å². The van der Waals surface area contributed by atoms with E-state index < -0.39 is 5.97 Å². The zero-order valence-corrected chi connectivity index (χ0v) is 10.2. The van der Waals surface area contributed by atoms with Gasteiger partial charge < -0.3 is 9.47 Å². The van der Waals surface area contributed by atoms with Gasteiger partial charge in [0.1, 0.15) is 0 Å². The maximum atomic E-state index is 11.3. The number of benzene rings is 1. The Kier molecular flexibility index (Phi) is 4.29. The standard InChI is InChI=1S/C10H11ClO3S/c1-13-9-7(11)4-6(10(12)14-2)5-8(9)15-3/h4-5H,1-3H3. The molecule has 3 nitrogen and oxygen atoms in total. The second-order valence-electron chi connectivity index (χ2n) is 2.69. The molecule has 0 saturated heterocycles. The molecule has 0 N–H and O–H groups in total. The van der Waals surface area contributed by atoms with E-state index in [1.54, 1.807) is 13.2 Å². The van der Waals surface area contributed by atoms with Crippen molar-refractivity contribution in [1.29, 1.82) is 0 Å². The topological polar surface area (TPSA) is 35.5 Å². The van der Waals surface area contributed by atoms with Gasteiger partial charge in [-0.25, -0.2) is 4.79 Å². The van der Waals surface area contributed by atoms with E-state index in [2.05, 4.69) is 4.74 Å². The van der Waals surface area contributed by atoms with Gasteiger partial charge in [-0.15, -0.1) is 11.8 Å². The van der Waals surface area contributed by atoms with Crippen LogP contribution in [-0.4, -0.2) is 26.4 Å². The molecule has 0 aliphatic rings. The average molecular weight is 247 g/mol. The molecule has 0 saturated carbocycles. The van der Waals surface area contributed by atoms with E-state index in [0.29, 0.717) is 16.3 Å². The molecule has 0 aliphatic heterocycles. The number of carbonyl (C=O) groups is 1. The van der Waals surface area contributed by atoms with E-state index in [9.17, 15) is 4.79 Å². The second kappa shape index (κ2) is 5.28. The summed E-state index contributed by atoms with van der Waals surface area (Å²) in [7, 11) is 2.87. The summed E-state index contributed by atoms with van der Waals surface area (Å²) in [5.74, 6) is 0.173. The number of hydrogen-bond acceptors (Lipinski definition) is 4. The number of ether oxygens (including phenoxy) is 2. The molecule has 0 bridgehead atoms. The van der Waals surface area contributed by atoms with Gasteiger partial charge in [-0.2, -0.15) is 0 Å². The van der Waals surface area contributed by atoms with Crippen molar-refractivity contribution in [2.45, 2.75) is 4.90 Å². The summed E-state index contributed by atoms with van der Waals surface area (Å²) in [4.78, 5) is 12.1. The van der Waals surface area contributed by atoms with Crippen molar-refractivity contribution < 1.29 is 14.3 Å². The van der Waals surface area contributed by atoms with Crippen LogP contribution in [0, 0.1) is 0 Å². The van der Waals surface area contributed by atoms with Gasteiger partial charge in [0.2, 0.25) is 0 Å². The SMILES string of the molecule is COC(=O)c1cc(Cl)c(OC)c(SC)c1. The van der Waals surface area contributed by atoms with Crippen LogP contribution in [0.15, 0.2) is 17.0 Å². The predicted molar refractivity (Wildman–Crippen MR) is 61.1 cm³/mol. The van der Waals surface area contributed by atoms with E-state index in [4.69, 9.17) is 16.3 Å². The minimum absolute atomic E-state index is 0.407. The molecule has 82 valence electrons. The van der Waals surface area contributed by atoms with Crippen LogP contribution in [-0.2, 0) is 4.74 Å². The fourth-order valence-corrected chi connectivity index (χ4v) is 2.13. The molecule has 1 rings (SSSR count). The molecule has 0 unspecified atom stereocenters. The van der Waals surface area contributed by atoms with Crippen molar-refractivity contribution in [2.24, 2.45) is 0 Å². The maximum absolute atomic E-state index is 11.3. The van der Waals surface area contributed by atoms with Crippen LogP contribution in [0.5, 0.6) is 5.75 Å². The van der Waals surface area contributed by atoms with Crippen molar-refractivity contribution in [3.8, 4) is 5.75 Å². The normalized spacial score (nSPS) is 9.87. The third kappa shape index (κ3) is 2.58. The van der Waals surface area contributed by atoms with Gasteiger partial charge in [0, 0.05) is 0 Å². The Morgan fingerprint density at radius 3 is 2.53 bits per heavy atom. The van der Waals surface area contributed by atoms with Gasteiger partial charge in [0.25, 0.3) is 0 Å². The summed E-state index contributed by atoms with van der Waals surface area (Å²) in [5, 5.41) is 0.407. The highest BCUT2D eigenvalue weighted by Gasteiger charge is 2.14. The lowest BCUT2D eigenvalue weighted by Gasteiger charge is -2.09. The molecule has 15 heavy (non-hydrogen) atoms. The molecule has 0 amide bonds.